The quantitative estimate of drug-likeness (QED) is 0.296. The number of benzene rings is 3. The molecule has 0 bridgehead atoms. The first-order valence-corrected chi connectivity index (χ1v) is 13.7. The number of amides is 2. The lowest BCUT2D eigenvalue weighted by molar-refractivity contribution is -0.151. The van der Waals surface area contributed by atoms with Gasteiger partial charge in [0, 0.05) is 17.2 Å². The third-order valence-electron chi connectivity index (χ3n) is 8.40. The fourth-order valence-corrected chi connectivity index (χ4v) is 6.64. The summed E-state index contributed by atoms with van der Waals surface area (Å²) in [4.78, 5) is 42.1. The van der Waals surface area contributed by atoms with Crippen LogP contribution in [0.5, 0.6) is 0 Å². The summed E-state index contributed by atoms with van der Waals surface area (Å²) < 4.78 is 49.4. The van der Waals surface area contributed by atoms with Gasteiger partial charge in [-0.3, -0.25) is 14.4 Å². The standard InChI is InChI=1S/C32H31F3N2O4/c1-41-30(40)31(25-14-8-9-15-26(25)32(33,34)35)24-13-7-6-12-23(24)29(39)37(22-10-4-2-3-5-11-22)27(31)20-16-18-21(19-17-20)28(36)38/h6-9,12-19,22,27H,2-5,10-11H2,1H3,(H2,36,38). The van der Waals surface area contributed by atoms with Gasteiger partial charge in [0.05, 0.1) is 18.7 Å². The summed E-state index contributed by atoms with van der Waals surface area (Å²) in [5.74, 6) is -1.96. The molecule has 1 saturated carbocycles. The predicted molar refractivity (Wildman–Crippen MR) is 146 cm³/mol. The lowest BCUT2D eigenvalue weighted by Crippen LogP contribution is -2.59. The molecule has 1 aliphatic carbocycles. The van der Waals surface area contributed by atoms with Crippen molar-refractivity contribution in [2.24, 2.45) is 5.73 Å². The van der Waals surface area contributed by atoms with E-state index in [-0.39, 0.29) is 34.2 Å². The molecule has 3 aromatic carbocycles. The SMILES string of the molecule is COC(=O)C1(c2ccccc2C(F)(F)F)c2ccccc2C(=O)N(C2CCCCCC2)C1c1ccc(C(N)=O)cc1. The number of halogens is 3. The molecule has 41 heavy (non-hydrogen) atoms. The van der Waals surface area contributed by atoms with E-state index in [1.807, 2.05) is 0 Å². The second-order valence-corrected chi connectivity index (χ2v) is 10.6. The average Bonchev–Trinajstić information content (AvgIpc) is 3.26. The molecule has 2 amide bonds. The molecule has 2 N–H and O–H groups in total. The molecule has 2 atom stereocenters. The first-order chi connectivity index (χ1) is 19.6. The summed E-state index contributed by atoms with van der Waals surface area (Å²) in [5, 5.41) is 0. The summed E-state index contributed by atoms with van der Waals surface area (Å²) in [6, 6.07) is 15.8. The maximum Gasteiger partial charge on any atom is 0.416 e. The van der Waals surface area contributed by atoms with E-state index in [2.05, 4.69) is 0 Å². The molecule has 5 rings (SSSR count). The van der Waals surface area contributed by atoms with Crippen LogP contribution in [0.4, 0.5) is 13.2 Å². The second kappa shape index (κ2) is 11.0. The molecule has 6 nitrogen and oxygen atoms in total. The van der Waals surface area contributed by atoms with E-state index in [4.69, 9.17) is 10.5 Å². The van der Waals surface area contributed by atoms with Gasteiger partial charge in [-0.05, 0) is 53.8 Å². The number of rotatable bonds is 5. The Morgan fingerprint density at radius 3 is 2.05 bits per heavy atom. The molecule has 1 heterocycles. The van der Waals surface area contributed by atoms with Gasteiger partial charge in [0.15, 0.2) is 0 Å². The van der Waals surface area contributed by atoms with Crippen LogP contribution in [-0.2, 0) is 21.1 Å². The lowest BCUT2D eigenvalue weighted by Gasteiger charge is -2.52. The second-order valence-electron chi connectivity index (χ2n) is 10.6. The van der Waals surface area contributed by atoms with Gasteiger partial charge in [-0.1, -0.05) is 74.2 Å². The van der Waals surface area contributed by atoms with Crippen LogP contribution >= 0.6 is 0 Å². The number of nitrogens with zero attached hydrogens (tertiary/aromatic N) is 1. The van der Waals surface area contributed by atoms with E-state index in [1.165, 1.54) is 36.4 Å². The topological polar surface area (TPSA) is 89.7 Å². The van der Waals surface area contributed by atoms with Crippen molar-refractivity contribution < 1.29 is 32.3 Å². The molecule has 1 fully saturated rings. The highest BCUT2D eigenvalue weighted by Gasteiger charge is 2.61. The molecule has 2 aliphatic rings. The number of esters is 1. The Morgan fingerprint density at radius 1 is 0.878 bits per heavy atom. The predicted octanol–water partition coefficient (Wildman–Crippen LogP) is 6.18. The van der Waals surface area contributed by atoms with Crippen LogP contribution in [0.3, 0.4) is 0 Å². The fraction of sp³-hybridized carbons (Fsp3) is 0.344. The Morgan fingerprint density at radius 2 is 1.46 bits per heavy atom. The van der Waals surface area contributed by atoms with Crippen molar-refractivity contribution in [3.8, 4) is 0 Å². The van der Waals surface area contributed by atoms with Gasteiger partial charge in [-0.2, -0.15) is 13.2 Å². The van der Waals surface area contributed by atoms with E-state index in [1.54, 1.807) is 35.2 Å². The van der Waals surface area contributed by atoms with Gasteiger partial charge in [0.2, 0.25) is 5.91 Å². The Hall–Kier alpha value is -4.14. The Labute approximate surface area is 236 Å². The number of ether oxygens (including phenoxy) is 1. The zero-order valence-electron chi connectivity index (χ0n) is 22.6. The number of alkyl halides is 3. The number of fused-ring (bicyclic) bond motifs is 1. The monoisotopic (exact) mass is 564 g/mol. The van der Waals surface area contributed by atoms with Gasteiger partial charge in [-0.15, -0.1) is 0 Å². The van der Waals surface area contributed by atoms with Crippen LogP contribution in [0, 0.1) is 0 Å². The van der Waals surface area contributed by atoms with Gasteiger partial charge in [-0.25, -0.2) is 0 Å². The highest BCUT2D eigenvalue weighted by atomic mass is 19.4. The van der Waals surface area contributed by atoms with E-state index < -0.39 is 35.1 Å². The molecule has 3 aromatic rings. The number of hydrogen-bond acceptors (Lipinski definition) is 4. The summed E-state index contributed by atoms with van der Waals surface area (Å²) >= 11 is 0. The molecule has 214 valence electrons. The van der Waals surface area contributed by atoms with E-state index >= 15 is 0 Å². The summed E-state index contributed by atoms with van der Waals surface area (Å²) in [6.45, 7) is 0. The highest BCUT2D eigenvalue weighted by Crippen LogP contribution is 2.55. The number of hydrogen-bond donors (Lipinski definition) is 1. The van der Waals surface area contributed by atoms with Crippen molar-refractivity contribution in [1.29, 1.82) is 0 Å². The van der Waals surface area contributed by atoms with Crippen molar-refractivity contribution in [2.75, 3.05) is 7.11 Å². The lowest BCUT2D eigenvalue weighted by atomic mass is 9.61. The maximum absolute atomic E-state index is 14.7. The smallest absolute Gasteiger partial charge is 0.416 e. The van der Waals surface area contributed by atoms with Gasteiger partial charge in [0.1, 0.15) is 5.41 Å². The van der Waals surface area contributed by atoms with Crippen LogP contribution in [0.2, 0.25) is 0 Å². The highest BCUT2D eigenvalue weighted by molar-refractivity contribution is 6.04. The summed E-state index contributed by atoms with van der Waals surface area (Å²) in [7, 11) is 1.14. The third-order valence-corrected chi connectivity index (χ3v) is 8.40. The first-order valence-electron chi connectivity index (χ1n) is 13.7. The Kier molecular flexibility index (Phi) is 7.64. The zero-order valence-corrected chi connectivity index (χ0v) is 22.6. The average molecular weight is 565 g/mol. The largest absolute Gasteiger partial charge is 0.468 e. The van der Waals surface area contributed by atoms with Crippen molar-refractivity contribution in [3.63, 3.8) is 0 Å². The molecular weight excluding hydrogens is 533 g/mol. The van der Waals surface area contributed by atoms with Gasteiger partial charge < -0.3 is 15.4 Å². The molecule has 9 heteroatoms. The van der Waals surface area contributed by atoms with Crippen molar-refractivity contribution >= 4 is 17.8 Å². The van der Waals surface area contributed by atoms with Crippen LogP contribution < -0.4 is 5.73 Å². The van der Waals surface area contributed by atoms with Crippen molar-refractivity contribution in [3.05, 3.63) is 106 Å². The number of primary amides is 1. The summed E-state index contributed by atoms with van der Waals surface area (Å²) in [6.07, 6.45) is 0.116. The van der Waals surface area contributed by atoms with Crippen LogP contribution in [0.25, 0.3) is 0 Å². The molecule has 0 saturated heterocycles. The minimum atomic E-state index is -4.80. The fourth-order valence-electron chi connectivity index (χ4n) is 6.64. The number of carbonyl (C=O) groups is 3. The minimum absolute atomic E-state index is 0.141. The van der Waals surface area contributed by atoms with Gasteiger partial charge in [0.25, 0.3) is 5.91 Å². The van der Waals surface area contributed by atoms with Crippen LogP contribution in [-0.4, -0.2) is 35.8 Å². The maximum atomic E-state index is 14.7. The van der Waals surface area contributed by atoms with E-state index in [9.17, 15) is 27.6 Å². The summed E-state index contributed by atoms with van der Waals surface area (Å²) in [5.41, 5.74) is 2.98. The minimum Gasteiger partial charge on any atom is -0.468 e. The molecule has 0 radical (unpaired) electrons. The number of methoxy groups -OCH3 is 1. The Balaban J connectivity index is 1.93. The zero-order chi connectivity index (χ0) is 29.4. The number of nitrogens with two attached hydrogens (primary N) is 1. The third kappa shape index (κ3) is 4.77. The number of carbonyl (C=O) groups excluding carboxylic acids is 3. The molecule has 2 unspecified atom stereocenters. The molecule has 0 spiro atoms. The molecule has 1 aliphatic heterocycles. The molecular formula is C32H31F3N2O4. The normalized spacial score (nSPS) is 21.6. The van der Waals surface area contributed by atoms with E-state index in [0.29, 0.717) is 18.4 Å². The van der Waals surface area contributed by atoms with E-state index in [0.717, 1.165) is 38.9 Å². The first kappa shape index (κ1) is 28.4. The molecule has 0 aromatic heterocycles. The van der Waals surface area contributed by atoms with Crippen LogP contribution in [0.15, 0.2) is 72.8 Å². The van der Waals surface area contributed by atoms with Crippen molar-refractivity contribution in [1.82, 2.24) is 4.90 Å². The van der Waals surface area contributed by atoms with Crippen LogP contribution in [0.1, 0.15) is 87.5 Å². The van der Waals surface area contributed by atoms with Crippen molar-refractivity contribution in [2.45, 2.75) is 62.2 Å². The Bertz CT molecular complexity index is 1460. The van der Waals surface area contributed by atoms with Gasteiger partial charge >= 0.3 is 12.1 Å².